The molecule has 1 amide bonds. The Morgan fingerprint density at radius 1 is 1.28 bits per heavy atom. The Bertz CT molecular complexity index is 805. The number of rotatable bonds is 2. The SMILES string of the molecule is Cc1cn(C)c([C@@H]2CN(C(=O)c3c(C)oc4c3CCCC4)CCO2)n1. The maximum Gasteiger partial charge on any atom is 0.257 e. The van der Waals surface area contributed by atoms with Crippen LogP contribution in [0.15, 0.2) is 10.6 Å². The molecule has 6 heteroatoms. The molecule has 25 heavy (non-hydrogen) atoms. The minimum absolute atomic E-state index is 0.0728. The monoisotopic (exact) mass is 343 g/mol. The number of hydrogen-bond acceptors (Lipinski definition) is 4. The van der Waals surface area contributed by atoms with Gasteiger partial charge in [0.05, 0.1) is 24.4 Å². The lowest BCUT2D eigenvalue weighted by molar-refractivity contribution is -0.0280. The molecule has 2 aromatic rings. The van der Waals surface area contributed by atoms with E-state index in [0.717, 1.165) is 59.8 Å². The molecule has 1 saturated heterocycles. The van der Waals surface area contributed by atoms with Crippen LogP contribution in [0.25, 0.3) is 0 Å². The summed E-state index contributed by atoms with van der Waals surface area (Å²) in [5, 5.41) is 0. The van der Waals surface area contributed by atoms with E-state index in [9.17, 15) is 4.79 Å². The maximum atomic E-state index is 13.2. The Labute approximate surface area is 147 Å². The summed E-state index contributed by atoms with van der Waals surface area (Å²) in [4.78, 5) is 19.7. The Morgan fingerprint density at radius 3 is 2.84 bits per heavy atom. The molecule has 134 valence electrons. The number of furan rings is 1. The number of amides is 1. The van der Waals surface area contributed by atoms with Crippen molar-refractivity contribution in [2.45, 2.75) is 45.6 Å². The van der Waals surface area contributed by atoms with E-state index in [1.54, 1.807) is 0 Å². The Balaban J connectivity index is 1.58. The fourth-order valence-electron chi connectivity index (χ4n) is 4.06. The van der Waals surface area contributed by atoms with Gasteiger partial charge in [0.25, 0.3) is 5.91 Å². The first-order valence-electron chi connectivity index (χ1n) is 9.06. The molecule has 1 fully saturated rings. The number of aromatic nitrogens is 2. The molecule has 0 aromatic carbocycles. The van der Waals surface area contributed by atoms with E-state index in [2.05, 4.69) is 4.98 Å². The van der Waals surface area contributed by atoms with Crippen molar-refractivity contribution in [3.63, 3.8) is 0 Å². The number of ether oxygens (including phenoxy) is 1. The van der Waals surface area contributed by atoms with Gasteiger partial charge in [0, 0.05) is 31.8 Å². The highest BCUT2D eigenvalue weighted by molar-refractivity contribution is 5.97. The predicted octanol–water partition coefficient (Wildman–Crippen LogP) is 2.72. The van der Waals surface area contributed by atoms with E-state index in [1.165, 1.54) is 0 Å². The maximum absolute atomic E-state index is 13.2. The van der Waals surface area contributed by atoms with Crippen molar-refractivity contribution in [3.05, 3.63) is 40.4 Å². The van der Waals surface area contributed by atoms with Gasteiger partial charge < -0.3 is 18.6 Å². The standard InChI is InChI=1S/C19H25N3O3/c1-12-10-21(3)18(20-12)16-11-22(8-9-24-16)19(23)17-13(2)25-15-7-5-4-6-14(15)17/h10,16H,4-9,11H2,1-3H3/t16-/m0/s1. The molecule has 2 aromatic heterocycles. The Hall–Kier alpha value is -2.08. The number of imidazole rings is 1. The van der Waals surface area contributed by atoms with E-state index in [4.69, 9.17) is 9.15 Å². The van der Waals surface area contributed by atoms with Crippen LogP contribution >= 0.6 is 0 Å². The summed E-state index contributed by atoms with van der Waals surface area (Å²) in [5.41, 5.74) is 2.88. The van der Waals surface area contributed by atoms with Crippen molar-refractivity contribution in [1.29, 1.82) is 0 Å². The van der Waals surface area contributed by atoms with E-state index in [-0.39, 0.29) is 12.0 Å². The van der Waals surface area contributed by atoms with Crippen LogP contribution < -0.4 is 0 Å². The van der Waals surface area contributed by atoms with Gasteiger partial charge in [-0.05, 0) is 33.1 Å². The molecule has 0 unspecified atom stereocenters. The summed E-state index contributed by atoms with van der Waals surface area (Å²) in [5.74, 6) is 2.72. The van der Waals surface area contributed by atoms with Gasteiger partial charge >= 0.3 is 0 Å². The highest BCUT2D eigenvalue weighted by Crippen LogP contribution is 2.31. The molecule has 0 spiro atoms. The molecular formula is C19H25N3O3. The average molecular weight is 343 g/mol. The zero-order chi connectivity index (χ0) is 17.6. The zero-order valence-electron chi connectivity index (χ0n) is 15.2. The van der Waals surface area contributed by atoms with Gasteiger partial charge in [0.15, 0.2) is 0 Å². The van der Waals surface area contributed by atoms with Crippen LogP contribution in [0.5, 0.6) is 0 Å². The summed E-state index contributed by atoms with van der Waals surface area (Å²) in [7, 11) is 1.97. The number of carbonyl (C=O) groups is 1. The van der Waals surface area contributed by atoms with Crippen molar-refractivity contribution < 1.29 is 13.9 Å². The third kappa shape index (κ3) is 2.88. The summed E-state index contributed by atoms with van der Waals surface area (Å²) in [6, 6.07) is 0. The van der Waals surface area contributed by atoms with E-state index in [1.807, 2.05) is 36.6 Å². The molecule has 4 rings (SSSR count). The number of nitrogens with zero attached hydrogens (tertiary/aromatic N) is 3. The smallest absolute Gasteiger partial charge is 0.257 e. The zero-order valence-corrected chi connectivity index (χ0v) is 15.2. The van der Waals surface area contributed by atoms with Gasteiger partial charge in [-0.1, -0.05) is 0 Å². The van der Waals surface area contributed by atoms with Crippen LogP contribution in [-0.4, -0.2) is 40.1 Å². The van der Waals surface area contributed by atoms with Gasteiger partial charge in [-0.2, -0.15) is 0 Å². The van der Waals surface area contributed by atoms with Crippen LogP contribution in [0.1, 0.15) is 57.9 Å². The molecule has 0 saturated carbocycles. The molecule has 0 radical (unpaired) electrons. The second-order valence-corrected chi connectivity index (χ2v) is 7.10. The first-order valence-corrected chi connectivity index (χ1v) is 9.06. The first kappa shape index (κ1) is 16.4. The summed E-state index contributed by atoms with van der Waals surface area (Å²) >= 11 is 0. The summed E-state index contributed by atoms with van der Waals surface area (Å²) in [6.45, 7) is 5.55. The predicted molar refractivity (Wildman–Crippen MR) is 92.6 cm³/mol. The quantitative estimate of drug-likeness (QED) is 0.841. The van der Waals surface area contributed by atoms with Gasteiger partial charge in [0.2, 0.25) is 0 Å². The normalized spacial score (nSPS) is 20.6. The minimum Gasteiger partial charge on any atom is -0.465 e. The fraction of sp³-hybridized carbons (Fsp3) is 0.579. The highest BCUT2D eigenvalue weighted by Gasteiger charge is 2.33. The van der Waals surface area contributed by atoms with Crippen LogP contribution in [0, 0.1) is 13.8 Å². The lowest BCUT2D eigenvalue weighted by atomic mass is 9.94. The molecule has 1 atom stereocenters. The van der Waals surface area contributed by atoms with E-state index >= 15 is 0 Å². The second kappa shape index (κ2) is 6.33. The van der Waals surface area contributed by atoms with Crippen LogP contribution in [0.2, 0.25) is 0 Å². The first-order chi connectivity index (χ1) is 12.0. The van der Waals surface area contributed by atoms with Crippen LogP contribution in [0.4, 0.5) is 0 Å². The third-order valence-electron chi connectivity index (χ3n) is 5.24. The molecular weight excluding hydrogens is 318 g/mol. The molecule has 2 aliphatic rings. The molecule has 1 aliphatic carbocycles. The minimum atomic E-state index is -0.181. The number of carbonyl (C=O) groups excluding carboxylic acids is 1. The number of hydrogen-bond donors (Lipinski definition) is 0. The lowest BCUT2D eigenvalue weighted by Gasteiger charge is -2.32. The molecule has 0 N–H and O–H groups in total. The summed E-state index contributed by atoms with van der Waals surface area (Å²) < 4.78 is 13.8. The molecule has 6 nitrogen and oxygen atoms in total. The second-order valence-electron chi connectivity index (χ2n) is 7.10. The van der Waals surface area contributed by atoms with E-state index in [0.29, 0.717) is 19.7 Å². The third-order valence-corrected chi connectivity index (χ3v) is 5.24. The van der Waals surface area contributed by atoms with Crippen molar-refractivity contribution >= 4 is 5.91 Å². The lowest BCUT2D eigenvalue weighted by Crippen LogP contribution is -2.43. The molecule has 1 aliphatic heterocycles. The van der Waals surface area contributed by atoms with Crippen molar-refractivity contribution in [2.75, 3.05) is 19.7 Å². The van der Waals surface area contributed by atoms with Crippen LogP contribution in [0.3, 0.4) is 0 Å². The van der Waals surface area contributed by atoms with Crippen LogP contribution in [-0.2, 0) is 24.6 Å². The van der Waals surface area contributed by atoms with Gasteiger partial charge in [-0.3, -0.25) is 4.79 Å². The van der Waals surface area contributed by atoms with E-state index < -0.39 is 0 Å². The number of fused-ring (bicyclic) bond motifs is 1. The van der Waals surface area contributed by atoms with Crippen molar-refractivity contribution in [3.8, 4) is 0 Å². The van der Waals surface area contributed by atoms with Crippen molar-refractivity contribution in [2.24, 2.45) is 7.05 Å². The molecule has 0 bridgehead atoms. The fourth-order valence-corrected chi connectivity index (χ4v) is 4.06. The molecule has 3 heterocycles. The Morgan fingerprint density at radius 2 is 2.08 bits per heavy atom. The number of aryl methyl sites for hydroxylation is 4. The Kier molecular flexibility index (Phi) is 4.15. The average Bonchev–Trinajstić information content (AvgIpc) is 3.12. The highest BCUT2D eigenvalue weighted by atomic mass is 16.5. The summed E-state index contributed by atoms with van der Waals surface area (Å²) in [6.07, 6.45) is 5.97. The van der Waals surface area contributed by atoms with Gasteiger partial charge in [0.1, 0.15) is 23.4 Å². The number of morpholine rings is 1. The van der Waals surface area contributed by atoms with Crippen molar-refractivity contribution in [1.82, 2.24) is 14.5 Å². The largest absolute Gasteiger partial charge is 0.465 e. The van der Waals surface area contributed by atoms with Gasteiger partial charge in [-0.25, -0.2) is 4.98 Å². The van der Waals surface area contributed by atoms with Gasteiger partial charge in [-0.15, -0.1) is 0 Å². The topological polar surface area (TPSA) is 60.5 Å².